The Bertz CT molecular complexity index is 712. The highest BCUT2D eigenvalue weighted by Crippen LogP contribution is 2.28. The Morgan fingerprint density at radius 3 is 2.72 bits per heavy atom. The monoisotopic (exact) mass is 347 g/mol. The number of nitrogens with one attached hydrogen (secondary N) is 1. The molecular weight excluding hydrogens is 330 g/mol. The molecule has 1 aromatic rings. The van der Waals surface area contributed by atoms with Crippen molar-refractivity contribution in [2.45, 2.75) is 6.92 Å². The summed E-state index contributed by atoms with van der Waals surface area (Å²) in [5, 5.41) is 11.4. The molecule has 1 fully saturated rings. The summed E-state index contributed by atoms with van der Waals surface area (Å²) in [6.07, 6.45) is 0. The molecule has 132 valence electrons. The van der Waals surface area contributed by atoms with Gasteiger partial charge in [-0.05, 0) is 19.1 Å². The van der Waals surface area contributed by atoms with Gasteiger partial charge in [-0.3, -0.25) is 9.69 Å². The van der Waals surface area contributed by atoms with Crippen LogP contribution in [0.5, 0.6) is 11.5 Å². The zero-order chi connectivity index (χ0) is 18.2. The van der Waals surface area contributed by atoms with Gasteiger partial charge < -0.3 is 19.5 Å². The van der Waals surface area contributed by atoms with Crippen molar-refractivity contribution in [1.82, 2.24) is 10.2 Å². The number of imide groups is 1. The SMILES string of the molecule is CCOc1cc(C#N)ccc1OCC(=O)OCC(=O)N1CCNC1=O. The zero-order valence-corrected chi connectivity index (χ0v) is 13.6. The van der Waals surface area contributed by atoms with E-state index in [0.717, 1.165) is 4.90 Å². The molecule has 1 aliphatic rings. The molecule has 0 saturated carbocycles. The molecule has 0 bridgehead atoms. The fourth-order valence-corrected chi connectivity index (χ4v) is 2.07. The van der Waals surface area contributed by atoms with Gasteiger partial charge in [0.1, 0.15) is 0 Å². The molecular formula is C16H17N3O6. The molecule has 0 aromatic heterocycles. The van der Waals surface area contributed by atoms with Crippen molar-refractivity contribution in [3.05, 3.63) is 23.8 Å². The number of urea groups is 1. The van der Waals surface area contributed by atoms with Crippen molar-refractivity contribution in [1.29, 1.82) is 5.26 Å². The summed E-state index contributed by atoms with van der Waals surface area (Å²) in [6, 6.07) is 6.01. The molecule has 1 aliphatic heterocycles. The van der Waals surface area contributed by atoms with Gasteiger partial charge in [0.2, 0.25) is 0 Å². The normalized spacial score (nSPS) is 13.0. The Morgan fingerprint density at radius 2 is 2.08 bits per heavy atom. The van der Waals surface area contributed by atoms with Crippen LogP contribution in [0.1, 0.15) is 12.5 Å². The number of carbonyl (C=O) groups excluding carboxylic acids is 3. The summed E-state index contributed by atoms with van der Waals surface area (Å²) in [7, 11) is 0. The molecule has 0 radical (unpaired) electrons. The number of benzene rings is 1. The fraction of sp³-hybridized carbons (Fsp3) is 0.375. The van der Waals surface area contributed by atoms with E-state index in [0.29, 0.717) is 24.5 Å². The molecule has 1 aromatic carbocycles. The van der Waals surface area contributed by atoms with Crippen LogP contribution >= 0.6 is 0 Å². The lowest BCUT2D eigenvalue weighted by Gasteiger charge is -2.13. The first-order valence-electron chi connectivity index (χ1n) is 7.58. The number of carbonyl (C=O) groups is 3. The lowest BCUT2D eigenvalue weighted by Crippen LogP contribution is -2.37. The lowest BCUT2D eigenvalue weighted by molar-refractivity contribution is -0.152. The van der Waals surface area contributed by atoms with Gasteiger partial charge in [0.05, 0.1) is 18.2 Å². The second kappa shape index (κ2) is 8.54. The van der Waals surface area contributed by atoms with Crippen molar-refractivity contribution >= 4 is 17.9 Å². The molecule has 2 rings (SSSR count). The Labute approximate surface area is 144 Å². The maximum Gasteiger partial charge on any atom is 0.344 e. The molecule has 3 amide bonds. The molecule has 9 nitrogen and oxygen atoms in total. The van der Waals surface area contributed by atoms with Crippen LogP contribution in [0.3, 0.4) is 0 Å². The predicted molar refractivity (Wildman–Crippen MR) is 83.9 cm³/mol. The summed E-state index contributed by atoms with van der Waals surface area (Å²) in [6.45, 7) is 1.78. The number of amides is 3. The van der Waals surface area contributed by atoms with Gasteiger partial charge >= 0.3 is 12.0 Å². The van der Waals surface area contributed by atoms with Gasteiger partial charge in [-0.25, -0.2) is 9.59 Å². The molecule has 1 heterocycles. The molecule has 1 N–H and O–H groups in total. The molecule has 0 unspecified atom stereocenters. The first-order valence-corrected chi connectivity index (χ1v) is 7.58. The number of hydrogen-bond acceptors (Lipinski definition) is 7. The quantitative estimate of drug-likeness (QED) is 0.711. The molecule has 1 saturated heterocycles. The van der Waals surface area contributed by atoms with Gasteiger partial charge in [0, 0.05) is 19.2 Å². The van der Waals surface area contributed by atoms with Crippen LogP contribution in [0, 0.1) is 11.3 Å². The van der Waals surface area contributed by atoms with Crippen LogP contribution in [-0.4, -0.2) is 55.7 Å². The third kappa shape index (κ3) is 4.84. The van der Waals surface area contributed by atoms with E-state index in [-0.39, 0.29) is 12.3 Å². The molecule has 0 spiro atoms. The van der Waals surface area contributed by atoms with Gasteiger partial charge in [0.15, 0.2) is 24.7 Å². The smallest absolute Gasteiger partial charge is 0.344 e. The van der Waals surface area contributed by atoms with E-state index in [4.69, 9.17) is 19.5 Å². The first-order chi connectivity index (χ1) is 12.0. The Hall–Kier alpha value is -3.28. The third-order valence-corrected chi connectivity index (χ3v) is 3.23. The van der Waals surface area contributed by atoms with Gasteiger partial charge in [0.25, 0.3) is 5.91 Å². The minimum atomic E-state index is -0.764. The highest BCUT2D eigenvalue weighted by molar-refractivity contribution is 5.96. The van der Waals surface area contributed by atoms with E-state index in [9.17, 15) is 14.4 Å². The zero-order valence-electron chi connectivity index (χ0n) is 13.6. The first kappa shape index (κ1) is 18.1. The maximum absolute atomic E-state index is 11.7. The number of ether oxygens (including phenoxy) is 3. The van der Waals surface area contributed by atoms with Crippen molar-refractivity contribution in [3.8, 4) is 17.6 Å². The van der Waals surface area contributed by atoms with Crippen molar-refractivity contribution < 1.29 is 28.6 Å². The molecule has 25 heavy (non-hydrogen) atoms. The van der Waals surface area contributed by atoms with Crippen LogP contribution in [0.25, 0.3) is 0 Å². The summed E-state index contributed by atoms with van der Waals surface area (Å²) >= 11 is 0. The Morgan fingerprint density at radius 1 is 1.28 bits per heavy atom. The van der Waals surface area contributed by atoms with E-state index < -0.39 is 31.1 Å². The standard InChI is InChI=1S/C16H17N3O6/c1-2-23-13-7-11(8-17)3-4-12(13)24-10-15(21)25-9-14(20)19-6-5-18-16(19)22/h3-4,7H,2,5-6,9-10H2,1H3,(H,18,22). The van der Waals surface area contributed by atoms with Crippen molar-refractivity contribution in [3.63, 3.8) is 0 Å². The predicted octanol–water partition coefficient (Wildman–Crippen LogP) is 0.431. The number of nitriles is 1. The van der Waals surface area contributed by atoms with Crippen LogP contribution in [0.4, 0.5) is 4.79 Å². The largest absolute Gasteiger partial charge is 0.490 e. The minimum Gasteiger partial charge on any atom is -0.490 e. The van der Waals surface area contributed by atoms with Gasteiger partial charge in [-0.2, -0.15) is 5.26 Å². The molecule has 9 heteroatoms. The summed E-state index contributed by atoms with van der Waals surface area (Å²) < 4.78 is 15.5. The van der Waals surface area contributed by atoms with Crippen LogP contribution in [0.2, 0.25) is 0 Å². The highest BCUT2D eigenvalue weighted by atomic mass is 16.6. The van der Waals surface area contributed by atoms with E-state index >= 15 is 0 Å². The van der Waals surface area contributed by atoms with Gasteiger partial charge in [-0.15, -0.1) is 0 Å². The molecule has 0 atom stereocenters. The fourth-order valence-electron chi connectivity index (χ4n) is 2.07. The minimum absolute atomic E-state index is 0.245. The van der Waals surface area contributed by atoms with Crippen molar-refractivity contribution in [2.24, 2.45) is 0 Å². The highest BCUT2D eigenvalue weighted by Gasteiger charge is 2.26. The Balaban J connectivity index is 1.84. The van der Waals surface area contributed by atoms with Crippen LogP contribution in [-0.2, 0) is 14.3 Å². The van der Waals surface area contributed by atoms with Crippen LogP contribution < -0.4 is 14.8 Å². The number of nitrogens with zero attached hydrogens (tertiary/aromatic N) is 2. The lowest BCUT2D eigenvalue weighted by atomic mass is 10.2. The molecule has 0 aliphatic carbocycles. The summed E-state index contributed by atoms with van der Waals surface area (Å²) in [4.78, 5) is 35.7. The maximum atomic E-state index is 11.7. The summed E-state index contributed by atoms with van der Waals surface area (Å²) in [5.41, 5.74) is 0.396. The summed E-state index contributed by atoms with van der Waals surface area (Å²) in [5.74, 6) is -0.751. The topological polar surface area (TPSA) is 118 Å². The van der Waals surface area contributed by atoms with E-state index in [1.165, 1.54) is 18.2 Å². The second-order valence-electron chi connectivity index (χ2n) is 4.93. The number of rotatable bonds is 7. The Kier molecular flexibility index (Phi) is 6.17. The van der Waals surface area contributed by atoms with Gasteiger partial charge in [-0.1, -0.05) is 0 Å². The van der Waals surface area contributed by atoms with E-state index in [1.54, 1.807) is 6.92 Å². The number of esters is 1. The number of hydrogen-bond donors (Lipinski definition) is 1. The van der Waals surface area contributed by atoms with E-state index in [1.807, 2.05) is 6.07 Å². The average molecular weight is 347 g/mol. The van der Waals surface area contributed by atoms with Crippen LogP contribution in [0.15, 0.2) is 18.2 Å². The second-order valence-corrected chi connectivity index (χ2v) is 4.93. The van der Waals surface area contributed by atoms with E-state index in [2.05, 4.69) is 5.32 Å². The average Bonchev–Trinajstić information content (AvgIpc) is 3.04. The third-order valence-electron chi connectivity index (χ3n) is 3.23. The van der Waals surface area contributed by atoms with Crippen molar-refractivity contribution in [2.75, 3.05) is 32.9 Å².